The second kappa shape index (κ2) is 6.20. The molecule has 126 valence electrons. The first-order chi connectivity index (χ1) is 11.9. The van der Waals surface area contributed by atoms with Crippen LogP contribution in [0, 0.1) is 12.7 Å². The van der Waals surface area contributed by atoms with Crippen LogP contribution in [0.15, 0.2) is 53.5 Å². The zero-order chi connectivity index (χ0) is 18.1. The fourth-order valence-electron chi connectivity index (χ4n) is 2.57. The number of halogens is 1. The monoisotopic (exact) mass is 340 g/mol. The second-order valence-corrected chi connectivity index (χ2v) is 5.42. The number of aryl methyl sites for hydroxylation is 1. The molecule has 0 radical (unpaired) electrons. The predicted octanol–water partition coefficient (Wildman–Crippen LogP) is 2.75. The zero-order valence-electron chi connectivity index (χ0n) is 13.1. The summed E-state index contributed by atoms with van der Waals surface area (Å²) in [5.41, 5.74) is 0.636. The van der Waals surface area contributed by atoms with Gasteiger partial charge in [-0.25, -0.2) is 13.9 Å². The maximum Gasteiger partial charge on any atom is 0.360 e. The van der Waals surface area contributed by atoms with Crippen molar-refractivity contribution in [2.75, 3.05) is 0 Å². The number of aromatic carboxylic acids is 1. The molecule has 0 atom stereocenters. The molecule has 0 fully saturated rings. The topological polar surface area (TPSA) is 92.4 Å². The molecular formula is C18H13FN2O4. The van der Waals surface area contributed by atoms with Gasteiger partial charge < -0.3 is 10.2 Å². The van der Waals surface area contributed by atoms with E-state index in [1.54, 1.807) is 37.3 Å². The van der Waals surface area contributed by atoms with Gasteiger partial charge in [-0.3, -0.25) is 4.79 Å². The first-order valence-corrected chi connectivity index (χ1v) is 7.30. The predicted molar refractivity (Wildman–Crippen MR) is 88.6 cm³/mol. The molecule has 0 aliphatic rings. The van der Waals surface area contributed by atoms with Gasteiger partial charge >= 0.3 is 5.97 Å². The number of carboxylic acids is 1. The highest BCUT2D eigenvalue weighted by molar-refractivity contribution is 5.85. The molecule has 2 aromatic carbocycles. The molecular weight excluding hydrogens is 327 g/mol. The van der Waals surface area contributed by atoms with Gasteiger partial charge in [0, 0.05) is 5.56 Å². The molecule has 0 saturated carbocycles. The first kappa shape index (κ1) is 16.4. The molecule has 1 aromatic heterocycles. The van der Waals surface area contributed by atoms with Crippen molar-refractivity contribution >= 4 is 5.97 Å². The Morgan fingerprint density at radius 2 is 1.88 bits per heavy atom. The molecule has 1 heterocycles. The number of nitrogens with zero attached hydrogens (tertiary/aromatic N) is 2. The van der Waals surface area contributed by atoms with E-state index in [1.807, 2.05) is 0 Å². The molecule has 7 heteroatoms. The van der Waals surface area contributed by atoms with Crippen LogP contribution in [0.25, 0.3) is 16.8 Å². The lowest BCUT2D eigenvalue weighted by atomic mass is 9.99. The maximum absolute atomic E-state index is 13.4. The Labute approximate surface area is 141 Å². The maximum atomic E-state index is 13.4. The van der Waals surface area contributed by atoms with E-state index in [9.17, 15) is 19.1 Å². The van der Waals surface area contributed by atoms with Gasteiger partial charge in [-0.15, -0.1) is 0 Å². The molecule has 0 unspecified atom stereocenters. The van der Waals surface area contributed by atoms with Gasteiger partial charge in [0.1, 0.15) is 5.82 Å². The normalized spacial score (nSPS) is 10.6. The number of aromatic hydroxyl groups is 1. The van der Waals surface area contributed by atoms with Gasteiger partial charge in [-0.1, -0.05) is 24.3 Å². The summed E-state index contributed by atoms with van der Waals surface area (Å²) in [6.45, 7) is 1.74. The molecule has 0 aliphatic carbocycles. The summed E-state index contributed by atoms with van der Waals surface area (Å²) >= 11 is 0. The minimum Gasteiger partial charge on any atom is -0.503 e. The van der Waals surface area contributed by atoms with Gasteiger partial charge in [0.05, 0.1) is 11.9 Å². The van der Waals surface area contributed by atoms with Crippen molar-refractivity contribution in [3.05, 3.63) is 76.0 Å². The lowest BCUT2D eigenvalue weighted by Gasteiger charge is -2.14. The summed E-state index contributed by atoms with van der Waals surface area (Å²) in [5, 5.41) is 22.7. The largest absolute Gasteiger partial charge is 0.503 e. The number of aromatic nitrogens is 2. The van der Waals surface area contributed by atoms with Crippen LogP contribution in [-0.2, 0) is 0 Å². The Morgan fingerprint density at radius 1 is 1.16 bits per heavy atom. The third-order valence-electron chi connectivity index (χ3n) is 3.73. The van der Waals surface area contributed by atoms with Crippen LogP contribution < -0.4 is 5.43 Å². The zero-order valence-corrected chi connectivity index (χ0v) is 13.1. The summed E-state index contributed by atoms with van der Waals surface area (Å²) in [7, 11) is 0. The third kappa shape index (κ3) is 2.99. The quantitative estimate of drug-likeness (QED) is 0.765. The number of carboxylic acid groups (broad SMARTS) is 1. The fraction of sp³-hybridized carbons (Fsp3) is 0.0556. The molecule has 3 aromatic rings. The molecule has 0 saturated heterocycles. The van der Waals surface area contributed by atoms with Gasteiger partial charge in [0.15, 0.2) is 5.75 Å². The van der Waals surface area contributed by atoms with E-state index < -0.39 is 22.8 Å². The number of carbonyl (C=O) groups is 1. The van der Waals surface area contributed by atoms with Crippen LogP contribution in [0.3, 0.4) is 0 Å². The van der Waals surface area contributed by atoms with Crippen molar-refractivity contribution in [3.63, 3.8) is 0 Å². The Balaban J connectivity index is 2.27. The van der Waals surface area contributed by atoms with E-state index in [2.05, 4.69) is 5.10 Å². The third-order valence-corrected chi connectivity index (χ3v) is 3.73. The smallest absolute Gasteiger partial charge is 0.360 e. The minimum absolute atomic E-state index is 0.369. The van der Waals surface area contributed by atoms with Crippen LogP contribution in [0.1, 0.15) is 16.1 Å². The van der Waals surface area contributed by atoms with Crippen LogP contribution in [-0.4, -0.2) is 26.0 Å². The van der Waals surface area contributed by atoms with E-state index in [0.29, 0.717) is 22.4 Å². The molecule has 0 aliphatic heterocycles. The summed E-state index contributed by atoms with van der Waals surface area (Å²) < 4.78 is 14.5. The summed E-state index contributed by atoms with van der Waals surface area (Å²) in [6.07, 6.45) is 1.05. The van der Waals surface area contributed by atoms with Crippen molar-refractivity contribution in [2.45, 2.75) is 6.92 Å². The highest BCUT2D eigenvalue weighted by atomic mass is 19.1. The summed E-state index contributed by atoms with van der Waals surface area (Å²) in [6, 6.07) is 11.2. The van der Waals surface area contributed by atoms with Gasteiger partial charge in [0.25, 0.3) is 5.43 Å². The molecule has 25 heavy (non-hydrogen) atoms. The standard InChI is InChI=1S/C18H13FN2O4/c1-10-8-11(19)6-7-12(10)13-4-2-3-5-14(13)21-9-15(22)17(23)16(20-21)18(24)25/h2-9,22H,1H3,(H,24,25). The number of para-hydroxylation sites is 1. The Bertz CT molecular complexity index is 1040. The Kier molecular flexibility index (Phi) is 4.06. The second-order valence-electron chi connectivity index (χ2n) is 5.42. The molecule has 3 rings (SSSR count). The van der Waals surface area contributed by atoms with E-state index in [-0.39, 0.29) is 5.82 Å². The molecule has 2 N–H and O–H groups in total. The number of benzene rings is 2. The fourth-order valence-corrected chi connectivity index (χ4v) is 2.57. The summed E-state index contributed by atoms with van der Waals surface area (Å²) in [5.74, 6) is -2.63. The van der Waals surface area contributed by atoms with E-state index in [1.165, 1.54) is 12.1 Å². The highest BCUT2D eigenvalue weighted by Gasteiger charge is 2.18. The van der Waals surface area contributed by atoms with Gasteiger partial charge in [0.2, 0.25) is 5.69 Å². The number of hydrogen-bond acceptors (Lipinski definition) is 4. The Hall–Kier alpha value is -3.48. The lowest BCUT2D eigenvalue weighted by molar-refractivity contribution is 0.0686. The highest BCUT2D eigenvalue weighted by Crippen LogP contribution is 2.29. The number of rotatable bonds is 3. The van der Waals surface area contributed by atoms with Crippen molar-refractivity contribution in [3.8, 4) is 22.6 Å². The lowest BCUT2D eigenvalue weighted by Crippen LogP contribution is -2.21. The first-order valence-electron chi connectivity index (χ1n) is 7.30. The van der Waals surface area contributed by atoms with Crippen LogP contribution >= 0.6 is 0 Å². The van der Waals surface area contributed by atoms with Crippen molar-refractivity contribution in [2.24, 2.45) is 0 Å². The average molecular weight is 340 g/mol. The SMILES string of the molecule is Cc1cc(F)ccc1-c1ccccc1-n1cc(O)c(=O)c(C(=O)O)n1. The minimum atomic E-state index is -1.54. The molecule has 6 nitrogen and oxygen atoms in total. The van der Waals surface area contributed by atoms with E-state index >= 15 is 0 Å². The van der Waals surface area contributed by atoms with Crippen molar-refractivity contribution in [1.29, 1.82) is 0 Å². The number of hydrogen-bond donors (Lipinski definition) is 2. The van der Waals surface area contributed by atoms with Crippen molar-refractivity contribution < 1.29 is 19.4 Å². The summed E-state index contributed by atoms with van der Waals surface area (Å²) in [4.78, 5) is 22.9. The molecule has 0 bridgehead atoms. The van der Waals surface area contributed by atoms with E-state index in [0.717, 1.165) is 10.9 Å². The van der Waals surface area contributed by atoms with Crippen LogP contribution in [0.4, 0.5) is 4.39 Å². The van der Waals surface area contributed by atoms with Gasteiger partial charge in [-0.05, 0) is 36.2 Å². The van der Waals surface area contributed by atoms with Gasteiger partial charge in [-0.2, -0.15) is 5.10 Å². The van der Waals surface area contributed by atoms with Crippen molar-refractivity contribution in [1.82, 2.24) is 9.78 Å². The van der Waals surface area contributed by atoms with Crippen LogP contribution in [0.2, 0.25) is 0 Å². The van der Waals surface area contributed by atoms with Crippen LogP contribution in [0.5, 0.6) is 5.75 Å². The van der Waals surface area contributed by atoms with E-state index in [4.69, 9.17) is 5.11 Å². The average Bonchev–Trinajstić information content (AvgIpc) is 2.57. The molecule has 0 spiro atoms. The molecule has 0 amide bonds. The Morgan fingerprint density at radius 3 is 2.56 bits per heavy atom.